The number of phenols is 1. The van der Waals surface area contributed by atoms with Crippen LogP contribution in [0.1, 0.15) is 84.6 Å². The summed E-state index contributed by atoms with van der Waals surface area (Å²) in [5.74, 6) is -3.42. The predicted molar refractivity (Wildman–Crippen MR) is 179 cm³/mol. The number of unbranched alkanes of at least 4 members (excludes halogenated alkanes) is 1. The number of benzene rings is 2. The predicted octanol–water partition coefficient (Wildman–Crippen LogP) is 5.02. The van der Waals surface area contributed by atoms with Crippen LogP contribution in [0.3, 0.4) is 0 Å². The van der Waals surface area contributed by atoms with Crippen molar-refractivity contribution in [2.45, 2.75) is 91.1 Å². The SMILES string of the molecule is CC(C)CC(C(=O)NC(CCCCC(NC(=O)CC(C)(C)C)C(=O)O)C(=O)O)c1ccc(NC(=NC#N)Nc2ccc(O)cc2)cc1. The molecule has 0 radical (unpaired) electrons. The molecule has 47 heavy (non-hydrogen) atoms. The monoisotopic (exact) mass is 650 g/mol. The third-order valence-corrected chi connectivity index (χ3v) is 7.07. The fourth-order valence-electron chi connectivity index (χ4n) is 4.83. The lowest BCUT2D eigenvalue weighted by Gasteiger charge is -2.23. The Labute approximate surface area is 275 Å². The van der Waals surface area contributed by atoms with E-state index in [0.29, 0.717) is 36.2 Å². The Bertz CT molecular complexity index is 1430. The quantitative estimate of drug-likeness (QED) is 0.0424. The average molecular weight is 651 g/mol. The second-order valence-electron chi connectivity index (χ2n) is 13.0. The van der Waals surface area contributed by atoms with E-state index in [0.717, 1.165) is 0 Å². The molecular weight excluding hydrogens is 604 g/mol. The van der Waals surface area contributed by atoms with Gasteiger partial charge in [0.25, 0.3) is 0 Å². The van der Waals surface area contributed by atoms with Gasteiger partial charge in [0, 0.05) is 17.8 Å². The number of aliphatic imine (C=N–C) groups is 1. The van der Waals surface area contributed by atoms with E-state index in [-0.39, 0.29) is 48.2 Å². The molecule has 2 aromatic carbocycles. The molecule has 2 aromatic rings. The molecule has 13 nitrogen and oxygen atoms in total. The molecule has 0 saturated carbocycles. The van der Waals surface area contributed by atoms with E-state index in [2.05, 4.69) is 26.3 Å². The van der Waals surface area contributed by atoms with Gasteiger partial charge in [-0.25, -0.2) is 9.59 Å². The third kappa shape index (κ3) is 14.2. The van der Waals surface area contributed by atoms with Gasteiger partial charge in [-0.15, -0.1) is 4.99 Å². The molecule has 0 fully saturated rings. The summed E-state index contributed by atoms with van der Waals surface area (Å²) in [5, 5.41) is 49.1. The lowest BCUT2D eigenvalue weighted by atomic mass is 9.89. The van der Waals surface area contributed by atoms with E-state index >= 15 is 0 Å². The molecule has 3 unspecified atom stereocenters. The maximum absolute atomic E-state index is 13.4. The zero-order valence-electron chi connectivity index (χ0n) is 27.5. The first-order valence-electron chi connectivity index (χ1n) is 15.5. The molecule has 0 aromatic heterocycles. The summed E-state index contributed by atoms with van der Waals surface area (Å²) in [7, 11) is 0. The van der Waals surface area contributed by atoms with Crippen LogP contribution in [0.2, 0.25) is 0 Å². The van der Waals surface area contributed by atoms with Crippen molar-refractivity contribution < 1.29 is 34.5 Å². The number of phenolic OH excluding ortho intramolecular Hbond substituents is 1. The highest BCUT2D eigenvalue weighted by atomic mass is 16.4. The van der Waals surface area contributed by atoms with Gasteiger partial charge in [-0.3, -0.25) is 9.59 Å². The smallest absolute Gasteiger partial charge is 0.326 e. The summed E-state index contributed by atoms with van der Waals surface area (Å²) in [6.07, 6.45) is 3.26. The molecule has 2 rings (SSSR count). The average Bonchev–Trinajstić information content (AvgIpc) is 2.97. The van der Waals surface area contributed by atoms with Crippen molar-refractivity contribution >= 4 is 41.1 Å². The van der Waals surface area contributed by atoms with Crippen LogP contribution in [0.4, 0.5) is 11.4 Å². The molecular formula is C34H46N6O7. The van der Waals surface area contributed by atoms with Crippen LogP contribution in [-0.4, -0.2) is 57.1 Å². The summed E-state index contributed by atoms with van der Waals surface area (Å²) in [5.41, 5.74) is 1.55. The Morgan fingerprint density at radius 1 is 0.830 bits per heavy atom. The number of aliphatic carboxylic acids is 2. The Morgan fingerprint density at radius 2 is 1.32 bits per heavy atom. The number of amides is 2. The van der Waals surface area contributed by atoms with E-state index in [4.69, 9.17) is 5.26 Å². The molecule has 0 saturated heterocycles. The van der Waals surface area contributed by atoms with Gasteiger partial charge in [0.2, 0.25) is 24.0 Å². The van der Waals surface area contributed by atoms with Crippen molar-refractivity contribution in [2.24, 2.45) is 16.3 Å². The van der Waals surface area contributed by atoms with E-state index in [1.165, 1.54) is 12.1 Å². The van der Waals surface area contributed by atoms with Crippen LogP contribution < -0.4 is 21.3 Å². The molecule has 0 aliphatic rings. The summed E-state index contributed by atoms with van der Waals surface area (Å²) < 4.78 is 0. The Balaban J connectivity index is 2.05. The molecule has 2 amide bonds. The largest absolute Gasteiger partial charge is 0.508 e. The third-order valence-electron chi connectivity index (χ3n) is 7.07. The molecule has 0 heterocycles. The van der Waals surface area contributed by atoms with Gasteiger partial charge in [-0.1, -0.05) is 59.6 Å². The van der Waals surface area contributed by atoms with Crippen LogP contribution in [0, 0.1) is 22.8 Å². The highest BCUT2D eigenvalue weighted by molar-refractivity contribution is 6.04. The molecule has 13 heteroatoms. The molecule has 3 atom stereocenters. The first-order chi connectivity index (χ1) is 22.1. The highest BCUT2D eigenvalue weighted by Crippen LogP contribution is 2.26. The van der Waals surface area contributed by atoms with E-state index < -0.39 is 35.8 Å². The number of carboxylic acid groups (broad SMARTS) is 2. The van der Waals surface area contributed by atoms with Crippen molar-refractivity contribution in [1.29, 1.82) is 5.26 Å². The van der Waals surface area contributed by atoms with Gasteiger partial charge in [0.15, 0.2) is 0 Å². The molecule has 0 aliphatic carbocycles. The van der Waals surface area contributed by atoms with Gasteiger partial charge < -0.3 is 36.6 Å². The second kappa shape index (κ2) is 18.1. The number of nitrogens with one attached hydrogen (secondary N) is 4. The van der Waals surface area contributed by atoms with Gasteiger partial charge in [-0.2, -0.15) is 5.26 Å². The number of hydrogen-bond donors (Lipinski definition) is 7. The van der Waals surface area contributed by atoms with Crippen LogP contribution >= 0.6 is 0 Å². The number of carbonyl (C=O) groups is 4. The van der Waals surface area contributed by atoms with Gasteiger partial charge in [0.05, 0.1) is 5.92 Å². The normalized spacial score (nSPS) is 13.5. The first kappa shape index (κ1) is 38.1. The van der Waals surface area contributed by atoms with Gasteiger partial charge >= 0.3 is 11.9 Å². The number of rotatable bonds is 16. The molecule has 0 spiro atoms. The minimum absolute atomic E-state index is 0.0928. The second-order valence-corrected chi connectivity index (χ2v) is 13.0. The van der Waals surface area contributed by atoms with Crippen LogP contribution in [0.25, 0.3) is 0 Å². The van der Waals surface area contributed by atoms with Gasteiger partial charge in [0.1, 0.15) is 17.8 Å². The van der Waals surface area contributed by atoms with E-state index in [9.17, 15) is 34.5 Å². The number of anilines is 2. The first-order valence-corrected chi connectivity index (χ1v) is 15.5. The summed E-state index contributed by atoms with van der Waals surface area (Å²) in [4.78, 5) is 53.1. The highest BCUT2D eigenvalue weighted by Gasteiger charge is 2.28. The van der Waals surface area contributed by atoms with E-state index in [1.54, 1.807) is 42.6 Å². The maximum Gasteiger partial charge on any atom is 0.326 e. The molecule has 0 aliphatic heterocycles. The van der Waals surface area contributed by atoms with Crippen LogP contribution in [-0.2, 0) is 19.2 Å². The Kier molecular flexibility index (Phi) is 14.7. The summed E-state index contributed by atoms with van der Waals surface area (Å²) in [6.45, 7) is 9.56. The number of hydrogen-bond acceptors (Lipinski definition) is 7. The number of aromatic hydroxyl groups is 1. The lowest BCUT2D eigenvalue weighted by molar-refractivity contribution is -0.143. The van der Waals surface area contributed by atoms with Crippen molar-refractivity contribution in [1.82, 2.24) is 10.6 Å². The lowest BCUT2D eigenvalue weighted by Crippen LogP contribution is -2.43. The van der Waals surface area contributed by atoms with Crippen molar-refractivity contribution in [2.75, 3.05) is 10.6 Å². The van der Waals surface area contributed by atoms with E-state index in [1.807, 2.05) is 34.6 Å². The number of carboxylic acids is 2. The van der Waals surface area contributed by atoms with Crippen LogP contribution in [0.5, 0.6) is 5.75 Å². The topological polar surface area (TPSA) is 213 Å². The number of guanidine groups is 1. The fraction of sp³-hybridized carbons (Fsp3) is 0.471. The van der Waals surface area contributed by atoms with Crippen molar-refractivity contribution in [3.63, 3.8) is 0 Å². The Morgan fingerprint density at radius 3 is 1.77 bits per heavy atom. The Hall–Kier alpha value is -5.12. The fourth-order valence-corrected chi connectivity index (χ4v) is 4.83. The standard InChI is InChI=1S/C34H46N6O7/c1-21(2)18-26(22-10-12-23(13-11-22)37-33(36-20-35)38-24-14-16-25(41)17-15-24)30(43)40-28(32(46)47)9-7-6-8-27(31(44)45)39-29(42)19-34(3,4)5/h10-17,21,26-28,41H,6-9,18-19H2,1-5H3,(H,39,42)(H,40,43)(H,44,45)(H,46,47)(H2,36,37,38). The van der Waals surface area contributed by atoms with Gasteiger partial charge in [-0.05, 0) is 72.6 Å². The van der Waals surface area contributed by atoms with Crippen molar-refractivity contribution in [3.05, 3.63) is 54.1 Å². The minimum Gasteiger partial charge on any atom is -0.508 e. The van der Waals surface area contributed by atoms with Crippen LogP contribution in [0.15, 0.2) is 53.5 Å². The maximum atomic E-state index is 13.4. The zero-order chi connectivity index (χ0) is 35.1. The summed E-state index contributed by atoms with van der Waals surface area (Å²) >= 11 is 0. The zero-order valence-corrected chi connectivity index (χ0v) is 27.5. The molecule has 7 N–H and O–H groups in total. The molecule has 254 valence electrons. The molecule has 0 bridgehead atoms. The summed E-state index contributed by atoms with van der Waals surface area (Å²) in [6, 6.07) is 10.9. The number of carbonyl (C=O) groups excluding carboxylic acids is 2. The minimum atomic E-state index is -1.19. The van der Waals surface area contributed by atoms with Crippen molar-refractivity contribution in [3.8, 4) is 11.9 Å². The number of nitrogens with zero attached hydrogens (tertiary/aromatic N) is 2. The number of nitriles is 1.